The average Bonchev–Trinajstić information content (AvgIpc) is 3.12. The van der Waals surface area contributed by atoms with E-state index in [-0.39, 0.29) is 35.4 Å². The molecular formula is C24H28F2N4O4. The van der Waals surface area contributed by atoms with Gasteiger partial charge in [-0.05, 0) is 52.2 Å². The fourth-order valence-electron chi connectivity index (χ4n) is 4.04. The zero-order chi connectivity index (χ0) is 24.6. The minimum Gasteiger partial charge on any atom is -0.458 e. The van der Waals surface area contributed by atoms with Crippen LogP contribution in [0.25, 0.3) is 11.3 Å². The van der Waals surface area contributed by atoms with E-state index in [2.05, 4.69) is 15.3 Å². The lowest BCUT2D eigenvalue weighted by atomic mass is 10.0. The number of hydrogen-bond donors (Lipinski definition) is 1. The Kier molecular flexibility index (Phi) is 6.53. The van der Waals surface area contributed by atoms with Crippen molar-refractivity contribution in [3.63, 3.8) is 0 Å². The van der Waals surface area contributed by atoms with Gasteiger partial charge in [0, 0.05) is 31.4 Å². The molecule has 182 valence electrons. The molecule has 1 amide bonds. The molecule has 1 saturated heterocycles. The number of nitrogens with one attached hydrogen (secondary N) is 1. The van der Waals surface area contributed by atoms with E-state index < -0.39 is 35.2 Å². The number of ether oxygens (including phenoxy) is 2. The Bertz CT molecular complexity index is 1110. The third-order valence-electron chi connectivity index (χ3n) is 5.81. The lowest BCUT2D eigenvalue weighted by molar-refractivity contribution is -0.159. The Balaban J connectivity index is 1.60. The number of rotatable bonds is 5. The quantitative estimate of drug-likeness (QED) is 0.661. The molecule has 0 unspecified atom stereocenters. The van der Waals surface area contributed by atoms with Crippen LogP contribution in [0.15, 0.2) is 18.3 Å². The van der Waals surface area contributed by atoms with Crippen molar-refractivity contribution in [1.29, 1.82) is 0 Å². The van der Waals surface area contributed by atoms with Crippen molar-refractivity contribution in [2.75, 3.05) is 18.5 Å². The summed E-state index contributed by atoms with van der Waals surface area (Å²) in [6.07, 6.45) is 2.49. The van der Waals surface area contributed by atoms with E-state index in [9.17, 15) is 14.0 Å². The van der Waals surface area contributed by atoms with Crippen molar-refractivity contribution >= 4 is 17.8 Å². The third-order valence-corrected chi connectivity index (χ3v) is 5.81. The van der Waals surface area contributed by atoms with Crippen molar-refractivity contribution in [3.05, 3.63) is 41.1 Å². The topological polar surface area (TPSA) is 93.7 Å². The van der Waals surface area contributed by atoms with E-state index in [1.165, 1.54) is 17.9 Å². The molecule has 1 atom stereocenters. The highest BCUT2D eigenvalue weighted by molar-refractivity contribution is 6.01. The molecule has 34 heavy (non-hydrogen) atoms. The second-order valence-corrected chi connectivity index (χ2v) is 9.52. The first-order valence-electron chi connectivity index (χ1n) is 11.3. The summed E-state index contributed by atoms with van der Waals surface area (Å²) in [6, 6.07) is 2.11. The second-order valence-electron chi connectivity index (χ2n) is 9.52. The van der Waals surface area contributed by atoms with Gasteiger partial charge in [0.05, 0.1) is 11.8 Å². The Labute approximate surface area is 196 Å². The molecule has 1 N–H and O–H groups in total. The number of anilines is 1. The van der Waals surface area contributed by atoms with Crippen LogP contribution in [0.3, 0.4) is 0 Å². The van der Waals surface area contributed by atoms with Crippen molar-refractivity contribution in [3.8, 4) is 11.3 Å². The summed E-state index contributed by atoms with van der Waals surface area (Å²) in [5, 5.41) is 3.13. The number of aromatic nitrogens is 2. The first kappa shape index (κ1) is 24.0. The molecule has 0 spiro atoms. The summed E-state index contributed by atoms with van der Waals surface area (Å²) in [5.74, 6) is -2.74. The van der Waals surface area contributed by atoms with Gasteiger partial charge in [-0.3, -0.25) is 4.79 Å². The summed E-state index contributed by atoms with van der Waals surface area (Å²) in [4.78, 5) is 34.9. The predicted octanol–water partition coefficient (Wildman–Crippen LogP) is 3.70. The average molecular weight is 475 g/mol. The number of halogens is 2. The molecule has 0 saturated carbocycles. The van der Waals surface area contributed by atoms with Gasteiger partial charge in [0.15, 0.2) is 5.82 Å². The molecule has 8 nitrogen and oxygen atoms in total. The smallest absolute Gasteiger partial charge is 0.329 e. The normalized spacial score (nSPS) is 17.5. The molecule has 2 aromatic rings. The molecular weight excluding hydrogens is 446 g/mol. The Hall–Kier alpha value is -3.14. The van der Waals surface area contributed by atoms with E-state index in [1.54, 1.807) is 26.8 Å². The van der Waals surface area contributed by atoms with Gasteiger partial charge in [-0.1, -0.05) is 6.07 Å². The standard InChI is InChI=1S/C24H28F2N4O4/c1-13(22(32)34-24(2,3)4)30-12-14-5-6-16(19(26)18(14)21(30)31)20-17(25)11-27-23(29-20)28-15-7-9-33-10-8-15/h5-6,11,13,15H,7-10,12H2,1-4H3,(H,27,28,29)/t13-/m1/s1. The number of carbonyl (C=O) groups excluding carboxylic acids is 2. The summed E-state index contributed by atoms with van der Waals surface area (Å²) < 4.78 is 40.9. The SMILES string of the molecule is C[C@H](C(=O)OC(C)(C)C)N1Cc2ccc(-c3nc(NC4CCOCC4)ncc3F)c(F)c2C1=O. The number of fused-ring (bicyclic) bond motifs is 1. The number of carbonyl (C=O) groups is 2. The number of nitrogens with zero attached hydrogens (tertiary/aromatic N) is 3. The van der Waals surface area contributed by atoms with Crippen LogP contribution in [0.2, 0.25) is 0 Å². The summed E-state index contributed by atoms with van der Waals surface area (Å²) in [6.45, 7) is 7.98. The van der Waals surface area contributed by atoms with Gasteiger partial charge in [0.2, 0.25) is 5.95 Å². The largest absolute Gasteiger partial charge is 0.458 e. The fourth-order valence-corrected chi connectivity index (χ4v) is 4.04. The van der Waals surface area contributed by atoms with Gasteiger partial charge in [-0.2, -0.15) is 0 Å². The highest BCUT2D eigenvalue weighted by Crippen LogP contribution is 2.34. The Morgan fingerprint density at radius 1 is 1.26 bits per heavy atom. The van der Waals surface area contributed by atoms with E-state index in [1.807, 2.05) is 0 Å². The molecule has 4 rings (SSSR count). The van der Waals surface area contributed by atoms with Gasteiger partial charge >= 0.3 is 5.97 Å². The third kappa shape index (κ3) is 4.86. The highest BCUT2D eigenvalue weighted by Gasteiger charge is 2.38. The first-order valence-corrected chi connectivity index (χ1v) is 11.3. The highest BCUT2D eigenvalue weighted by atomic mass is 19.1. The minimum atomic E-state index is -0.909. The molecule has 3 heterocycles. The summed E-state index contributed by atoms with van der Waals surface area (Å²) in [5.41, 5.74) is -0.882. The van der Waals surface area contributed by atoms with Crippen LogP contribution >= 0.6 is 0 Å². The van der Waals surface area contributed by atoms with Crippen molar-refractivity contribution in [2.45, 2.75) is 64.8 Å². The second kappa shape index (κ2) is 9.25. The van der Waals surface area contributed by atoms with E-state index in [4.69, 9.17) is 9.47 Å². The molecule has 0 aliphatic carbocycles. The molecule has 1 fully saturated rings. The van der Waals surface area contributed by atoms with Gasteiger partial charge in [-0.15, -0.1) is 0 Å². The van der Waals surface area contributed by atoms with Crippen LogP contribution in [-0.2, 0) is 20.8 Å². The Morgan fingerprint density at radius 3 is 2.65 bits per heavy atom. The van der Waals surface area contributed by atoms with Crippen LogP contribution in [-0.4, -0.2) is 57.6 Å². The maximum absolute atomic E-state index is 15.6. The van der Waals surface area contributed by atoms with E-state index >= 15 is 4.39 Å². The molecule has 1 aromatic carbocycles. The zero-order valence-corrected chi connectivity index (χ0v) is 19.7. The summed E-state index contributed by atoms with van der Waals surface area (Å²) >= 11 is 0. The van der Waals surface area contributed by atoms with Gasteiger partial charge in [0.1, 0.15) is 23.2 Å². The van der Waals surface area contributed by atoms with Crippen molar-refractivity contribution in [2.24, 2.45) is 0 Å². The molecule has 0 bridgehead atoms. The van der Waals surface area contributed by atoms with Crippen LogP contribution in [0.5, 0.6) is 0 Å². The molecule has 2 aliphatic heterocycles. The number of esters is 1. The lowest BCUT2D eigenvalue weighted by Gasteiger charge is -2.27. The monoisotopic (exact) mass is 474 g/mol. The zero-order valence-electron chi connectivity index (χ0n) is 19.7. The van der Waals surface area contributed by atoms with Crippen LogP contribution in [0.4, 0.5) is 14.7 Å². The van der Waals surface area contributed by atoms with Crippen LogP contribution in [0.1, 0.15) is 56.5 Å². The number of amides is 1. The predicted molar refractivity (Wildman–Crippen MR) is 120 cm³/mol. The number of hydrogen-bond acceptors (Lipinski definition) is 7. The molecule has 10 heteroatoms. The maximum Gasteiger partial charge on any atom is 0.329 e. The van der Waals surface area contributed by atoms with E-state index in [0.717, 1.165) is 19.0 Å². The summed E-state index contributed by atoms with van der Waals surface area (Å²) in [7, 11) is 0. The van der Waals surface area contributed by atoms with Crippen molar-refractivity contribution < 1.29 is 27.8 Å². The van der Waals surface area contributed by atoms with E-state index in [0.29, 0.717) is 18.8 Å². The van der Waals surface area contributed by atoms with Gasteiger partial charge in [0.25, 0.3) is 5.91 Å². The maximum atomic E-state index is 15.6. The molecule has 2 aliphatic rings. The molecule has 0 radical (unpaired) electrons. The lowest BCUT2D eigenvalue weighted by Crippen LogP contribution is -2.42. The van der Waals surface area contributed by atoms with Gasteiger partial charge < -0.3 is 19.7 Å². The minimum absolute atomic E-state index is 0.0502. The first-order chi connectivity index (χ1) is 16.0. The fraction of sp³-hybridized carbons (Fsp3) is 0.500. The van der Waals surface area contributed by atoms with Crippen LogP contribution in [0, 0.1) is 11.6 Å². The Morgan fingerprint density at radius 2 is 1.97 bits per heavy atom. The van der Waals surface area contributed by atoms with Gasteiger partial charge in [-0.25, -0.2) is 23.5 Å². The van der Waals surface area contributed by atoms with Crippen molar-refractivity contribution in [1.82, 2.24) is 14.9 Å². The number of benzene rings is 1. The molecule has 1 aromatic heterocycles. The van der Waals surface area contributed by atoms with Crippen LogP contribution < -0.4 is 5.32 Å².